The van der Waals surface area contributed by atoms with Gasteiger partial charge in [-0.15, -0.1) is 0 Å². The minimum atomic E-state index is -0.395. The van der Waals surface area contributed by atoms with Crippen molar-refractivity contribution in [2.24, 2.45) is 5.92 Å². The van der Waals surface area contributed by atoms with E-state index in [4.69, 9.17) is 11.6 Å². The Balaban J connectivity index is 1.54. The molecule has 1 saturated heterocycles. The molecule has 1 aromatic rings. The molecular formula is C18H26ClNO. The summed E-state index contributed by atoms with van der Waals surface area (Å²) in [6.45, 7) is 2.22. The average molecular weight is 308 g/mol. The number of aliphatic hydroxyl groups is 1. The lowest BCUT2D eigenvalue weighted by molar-refractivity contribution is 0.124. The van der Waals surface area contributed by atoms with Crippen LogP contribution in [-0.2, 0) is 0 Å². The summed E-state index contributed by atoms with van der Waals surface area (Å²) < 4.78 is 0. The number of benzene rings is 1. The lowest BCUT2D eigenvalue weighted by Gasteiger charge is -2.30. The first-order valence-corrected chi connectivity index (χ1v) is 8.79. The molecule has 2 fully saturated rings. The molecule has 3 rings (SSSR count). The first kappa shape index (κ1) is 15.3. The molecular weight excluding hydrogens is 282 g/mol. The fraction of sp³-hybridized carbons (Fsp3) is 0.667. The number of rotatable bonds is 5. The van der Waals surface area contributed by atoms with Gasteiger partial charge in [0.1, 0.15) is 0 Å². The van der Waals surface area contributed by atoms with Gasteiger partial charge < -0.3 is 10.0 Å². The monoisotopic (exact) mass is 307 g/mol. The first-order valence-electron chi connectivity index (χ1n) is 8.41. The fourth-order valence-corrected chi connectivity index (χ4v) is 4.37. The molecule has 0 spiro atoms. The van der Waals surface area contributed by atoms with E-state index in [0.717, 1.165) is 30.5 Å². The van der Waals surface area contributed by atoms with Crippen molar-refractivity contribution in [3.8, 4) is 0 Å². The van der Waals surface area contributed by atoms with E-state index in [0.29, 0.717) is 5.02 Å². The van der Waals surface area contributed by atoms with Crippen LogP contribution in [0.25, 0.3) is 0 Å². The maximum atomic E-state index is 10.4. The highest BCUT2D eigenvalue weighted by Crippen LogP contribution is 2.35. The predicted molar refractivity (Wildman–Crippen MR) is 87.6 cm³/mol. The number of hydrogen-bond donors (Lipinski definition) is 1. The lowest BCUT2D eigenvalue weighted by atomic mass is 9.95. The van der Waals surface area contributed by atoms with Crippen LogP contribution < -0.4 is 0 Å². The largest absolute Gasteiger partial charge is 0.388 e. The second-order valence-electron chi connectivity index (χ2n) is 6.65. The lowest BCUT2D eigenvalue weighted by Crippen LogP contribution is -2.35. The minimum Gasteiger partial charge on any atom is -0.388 e. The zero-order valence-electron chi connectivity index (χ0n) is 12.7. The minimum absolute atomic E-state index is 0.395. The summed E-state index contributed by atoms with van der Waals surface area (Å²) in [6.07, 6.45) is 8.76. The summed E-state index contributed by atoms with van der Waals surface area (Å²) in [5, 5.41) is 11.1. The average Bonchev–Trinajstić information content (AvgIpc) is 3.15. The van der Waals surface area contributed by atoms with Gasteiger partial charge in [0.2, 0.25) is 0 Å². The van der Waals surface area contributed by atoms with Gasteiger partial charge in [0.25, 0.3) is 0 Å². The zero-order chi connectivity index (χ0) is 14.7. The molecule has 0 bridgehead atoms. The number of hydrogen-bond acceptors (Lipinski definition) is 2. The van der Waals surface area contributed by atoms with Crippen LogP contribution in [-0.4, -0.2) is 29.1 Å². The summed E-state index contributed by atoms with van der Waals surface area (Å²) >= 11 is 6.00. The molecule has 1 N–H and O–H groups in total. The number of halogens is 1. The van der Waals surface area contributed by atoms with Crippen LogP contribution in [0.2, 0.25) is 5.02 Å². The van der Waals surface area contributed by atoms with Crippen LogP contribution in [0.5, 0.6) is 0 Å². The van der Waals surface area contributed by atoms with Crippen molar-refractivity contribution in [1.82, 2.24) is 4.90 Å². The molecule has 0 amide bonds. The second-order valence-corrected chi connectivity index (χ2v) is 7.09. The smallest absolute Gasteiger partial charge is 0.0802 e. The Morgan fingerprint density at radius 3 is 2.76 bits per heavy atom. The number of likely N-dealkylation sites (tertiary alicyclic amines) is 1. The van der Waals surface area contributed by atoms with E-state index in [1.807, 2.05) is 24.3 Å². The van der Waals surface area contributed by atoms with E-state index in [9.17, 15) is 5.11 Å². The van der Waals surface area contributed by atoms with Gasteiger partial charge in [0.05, 0.1) is 6.10 Å². The van der Waals surface area contributed by atoms with Crippen molar-refractivity contribution in [2.75, 3.05) is 13.1 Å². The standard InChI is InChI=1S/C18H26ClNO/c19-16-8-3-7-15(13-16)18(21)10-12-20-11-4-9-17(20)14-5-1-2-6-14/h3,7-8,13-14,17-18,21H,1-2,4-6,9-12H2. The van der Waals surface area contributed by atoms with Gasteiger partial charge in [-0.25, -0.2) is 0 Å². The van der Waals surface area contributed by atoms with Gasteiger partial charge in [-0.05, 0) is 62.3 Å². The molecule has 3 heteroatoms. The van der Waals surface area contributed by atoms with Gasteiger partial charge in [-0.3, -0.25) is 0 Å². The Hall–Kier alpha value is -0.570. The van der Waals surface area contributed by atoms with Crippen LogP contribution in [0.15, 0.2) is 24.3 Å². The molecule has 2 aliphatic rings. The highest BCUT2D eigenvalue weighted by molar-refractivity contribution is 6.30. The van der Waals surface area contributed by atoms with E-state index in [-0.39, 0.29) is 0 Å². The maximum absolute atomic E-state index is 10.4. The number of nitrogens with zero attached hydrogens (tertiary/aromatic N) is 1. The van der Waals surface area contributed by atoms with Crippen molar-refractivity contribution < 1.29 is 5.11 Å². The quantitative estimate of drug-likeness (QED) is 0.870. The maximum Gasteiger partial charge on any atom is 0.0802 e. The van der Waals surface area contributed by atoms with Crippen LogP contribution in [0, 0.1) is 5.92 Å². The van der Waals surface area contributed by atoms with E-state index in [2.05, 4.69) is 4.90 Å². The normalized spacial score (nSPS) is 25.5. The zero-order valence-corrected chi connectivity index (χ0v) is 13.4. The highest BCUT2D eigenvalue weighted by atomic mass is 35.5. The Kier molecular flexibility index (Phi) is 5.20. The predicted octanol–water partition coefficient (Wildman–Crippen LogP) is 4.42. The number of aliphatic hydroxyl groups excluding tert-OH is 1. The highest BCUT2D eigenvalue weighted by Gasteiger charge is 2.33. The Morgan fingerprint density at radius 2 is 2.00 bits per heavy atom. The van der Waals surface area contributed by atoms with Crippen molar-refractivity contribution >= 4 is 11.6 Å². The van der Waals surface area contributed by atoms with Crippen molar-refractivity contribution in [1.29, 1.82) is 0 Å². The van der Waals surface area contributed by atoms with Crippen molar-refractivity contribution in [3.05, 3.63) is 34.9 Å². The van der Waals surface area contributed by atoms with Crippen LogP contribution in [0.3, 0.4) is 0 Å². The molecule has 21 heavy (non-hydrogen) atoms. The Bertz CT molecular complexity index is 458. The van der Waals surface area contributed by atoms with Gasteiger partial charge >= 0.3 is 0 Å². The van der Waals surface area contributed by atoms with Crippen LogP contribution >= 0.6 is 11.6 Å². The molecule has 1 saturated carbocycles. The SMILES string of the molecule is OC(CCN1CCCC1C1CCCC1)c1cccc(Cl)c1. The molecule has 1 aromatic carbocycles. The molecule has 1 aliphatic carbocycles. The van der Waals surface area contributed by atoms with Crippen molar-refractivity contribution in [2.45, 2.75) is 57.1 Å². The van der Waals surface area contributed by atoms with Gasteiger partial charge in [0.15, 0.2) is 0 Å². The van der Waals surface area contributed by atoms with E-state index < -0.39 is 6.10 Å². The Morgan fingerprint density at radius 1 is 1.19 bits per heavy atom. The van der Waals surface area contributed by atoms with Gasteiger partial charge in [-0.2, -0.15) is 0 Å². The van der Waals surface area contributed by atoms with Gasteiger partial charge in [0, 0.05) is 17.6 Å². The summed E-state index contributed by atoms with van der Waals surface area (Å²) in [5.41, 5.74) is 0.944. The molecule has 1 heterocycles. The topological polar surface area (TPSA) is 23.5 Å². The van der Waals surface area contributed by atoms with Crippen LogP contribution in [0.4, 0.5) is 0 Å². The Labute approximate surface area is 133 Å². The molecule has 2 nitrogen and oxygen atoms in total. The molecule has 2 atom stereocenters. The molecule has 2 unspecified atom stereocenters. The summed E-state index contributed by atoms with van der Waals surface area (Å²) in [5.74, 6) is 0.913. The first-order chi connectivity index (χ1) is 10.2. The van der Waals surface area contributed by atoms with E-state index in [1.54, 1.807) is 0 Å². The third kappa shape index (κ3) is 3.80. The van der Waals surface area contributed by atoms with E-state index in [1.165, 1.54) is 45.1 Å². The summed E-state index contributed by atoms with van der Waals surface area (Å²) in [7, 11) is 0. The third-order valence-electron chi connectivity index (χ3n) is 5.28. The summed E-state index contributed by atoms with van der Waals surface area (Å²) in [4.78, 5) is 2.63. The molecule has 1 aliphatic heterocycles. The van der Waals surface area contributed by atoms with Crippen molar-refractivity contribution in [3.63, 3.8) is 0 Å². The van der Waals surface area contributed by atoms with Gasteiger partial charge in [-0.1, -0.05) is 36.6 Å². The van der Waals surface area contributed by atoms with E-state index >= 15 is 0 Å². The molecule has 0 aromatic heterocycles. The second kappa shape index (κ2) is 7.13. The molecule has 116 valence electrons. The summed E-state index contributed by atoms with van der Waals surface area (Å²) in [6, 6.07) is 8.39. The van der Waals surface area contributed by atoms with Crippen LogP contribution in [0.1, 0.15) is 56.6 Å². The fourth-order valence-electron chi connectivity index (χ4n) is 4.17. The third-order valence-corrected chi connectivity index (χ3v) is 5.52. The molecule has 0 radical (unpaired) electrons.